The second kappa shape index (κ2) is 4.11. The van der Waals surface area contributed by atoms with E-state index in [0.717, 1.165) is 11.8 Å². The molecule has 1 unspecified atom stereocenters. The molecule has 2 aliphatic rings. The Hall–Kier alpha value is -0.780. The summed E-state index contributed by atoms with van der Waals surface area (Å²) in [5.41, 5.74) is 2.80. The Labute approximate surface area is 112 Å². The molecule has 0 spiro atoms. The van der Waals surface area contributed by atoms with Crippen LogP contribution in [0.5, 0.6) is 0 Å². The zero-order chi connectivity index (χ0) is 12.8. The second-order valence-corrected chi connectivity index (χ2v) is 7.44. The van der Waals surface area contributed by atoms with Gasteiger partial charge < -0.3 is 0 Å². The summed E-state index contributed by atoms with van der Waals surface area (Å²) in [6.45, 7) is 7.52. The van der Waals surface area contributed by atoms with Gasteiger partial charge in [0.05, 0.1) is 0 Å². The summed E-state index contributed by atoms with van der Waals surface area (Å²) in [5.74, 6) is 2.06. The lowest BCUT2D eigenvalue weighted by Crippen LogP contribution is -2.20. The van der Waals surface area contributed by atoms with Crippen LogP contribution in [0, 0.1) is 22.7 Å². The van der Waals surface area contributed by atoms with Crippen molar-refractivity contribution >= 4 is 0 Å². The first-order chi connectivity index (χ1) is 8.54. The van der Waals surface area contributed by atoms with E-state index in [1.807, 2.05) is 0 Å². The van der Waals surface area contributed by atoms with Crippen LogP contribution in [-0.4, -0.2) is 0 Å². The van der Waals surface area contributed by atoms with E-state index in [9.17, 15) is 0 Å². The number of aryl methyl sites for hydroxylation is 1. The quantitative estimate of drug-likeness (QED) is 0.690. The van der Waals surface area contributed by atoms with Crippen LogP contribution < -0.4 is 0 Å². The fourth-order valence-corrected chi connectivity index (χ4v) is 4.93. The van der Waals surface area contributed by atoms with Gasteiger partial charge in [-0.2, -0.15) is 0 Å². The maximum atomic E-state index is 2.55. The first-order valence-corrected chi connectivity index (χ1v) is 7.58. The highest BCUT2D eigenvalue weighted by Crippen LogP contribution is 2.74. The number of hydrogen-bond acceptors (Lipinski definition) is 0. The second-order valence-electron chi connectivity index (χ2n) is 7.44. The van der Waals surface area contributed by atoms with Crippen LogP contribution in [0.4, 0.5) is 0 Å². The molecule has 1 aromatic rings. The van der Waals surface area contributed by atoms with Crippen molar-refractivity contribution in [3.05, 3.63) is 35.9 Å². The number of fused-ring (bicyclic) bond motifs is 1. The molecule has 3 atom stereocenters. The lowest BCUT2D eigenvalue weighted by molar-refractivity contribution is 0.209. The van der Waals surface area contributed by atoms with E-state index in [-0.39, 0.29) is 0 Å². The molecule has 0 heteroatoms. The standard InChI is InChI=1S/C18H26/c1-17(2)15-11-13-18(3,16(15)17)12-7-10-14-8-5-4-6-9-14/h4-6,8-9,15-16H,7,10-13H2,1-3H3/t15-,16+,18?/m0/s1. The molecule has 0 radical (unpaired) electrons. The van der Waals surface area contributed by atoms with Crippen LogP contribution in [0.25, 0.3) is 0 Å². The van der Waals surface area contributed by atoms with E-state index < -0.39 is 0 Å². The Bertz CT molecular complexity index is 417. The number of hydrogen-bond donors (Lipinski definition) is 0. The van der Waals surface area contributed by atoms with E-state index in [1.165, 1.54) is 37.7 Å². The fourth-order valence-electron chi connectivity index (χ4n) is 4.93. The lowest BCUT2D eigenvalue weighted by atomic mass is 9.75. The predicted molar refractivity (Wildman–Crippen MR) is 77.5 cm³/mol. The van der Waals surface area contributed by atoms with Crippen molar-refractivity contribution in [1.29, 1.82) is 0 Å². The van der Waals surface area contributed by atoms with Gasteiger partial charge in [0.2, 0.25) is 0 Å². The molecule has 98 valence electrons. The summed E-state index contributed by atoms with van der Waals surface area (Å²) >= 11 is 0. The van der Waals surface area contributed by atoms with Gasteiger partial charge in [-0.15, -0.1) is 0 Å². The molecule has 0 amide bonds. The Morgan fingerprint density at radius 1 is 1.11 bits per heavy atom. The van der Waals surface area contributed by atoms with Gasteiger partial charge in [-0.3, -0.25) is 0 Å². The number of benzene rings is 1. The summed E-state index contributed by atoms with van der Waals surface area (Å²) in [6.07, 6.45) is 7.00. The molecule has 2 saturated carbocycles. The smallest absolute Gasteiger partial charge is 0.0272 e. The zero-order valence-electron chi connectivity index (χ0n) is 12.1. The molecule has 0 aliphatic heterocycles. The van der Waals surface area contributed by atoms with E-state index >= 15 is 0 Å². The lowest BCUT2D eigenvalue weighted by Gasteiger charge is -2.29. The minimum Gasteiger partial charge on any atom is -0.0622 e. The molecule has 0 bridgehead atoms. The van der Waals surface area contributed by atoms with Crippen molar-refractivity contribution in [2.24, 2.45) is 22.7 Å². The Morgan fingerprint density at radius 2 is 1.83 bits per heavy atom. The Kier molecular flexibility index (Phi) is 2.80. The van der Waals surface area contributed by atoms with Crippen molar-refractivity contribution in [2.45, 2.75) is 52.9 Å². The Balaban J connectivity index is 1.55. The first-order valence-electron chi connectivity index (χ1n) is 7.58. The minimum atomic E-state index is 0.642. The largest absolute Gasteiger partial charge is 0.0622 e. The SMILES string of the molecule is CC1(CCCc2ccccc2)CC[C@H]2[C@@H]1C2(C)C. The molecule has 1 aromatic carbocycles. The van der Waals surface area contributed by atoms with Crippen molar-refractivity contribution in [1.82, 2.24) is 0 Å². The van der Waals surface area contributed by atoms with E-state index in [1.54, 1.807) is 0 Å². The molecular weight excluding hydrogens is 216 g/mol. The van der Waals surface area contributed by atoms with Crippen molar-refractivity contribution in [3.63, 3.8) is 0 Å². The van der Waals surface area contributed by atoms with Gasteiger partial charge in [-0.05, 0) is 60.3 Å². The third kappa shape index (κ3) is 1.90. The third-order valence-corrected chi connectivity index (χ3v) is 5.88. The van der Waals surface area contributed by atoms with E-state index in [4.69, 9.17) is 0 Å². The summed E-state index contributed by atoms with van der Waals surface area (Å²) in [4.78, 5) is 0. The highest BCUT2D eigenvalue weighted by Gasteiger charge is 2.67. The molecule has 2 aliphatic carbocycles. The van der Waals surface area contributed by atoms with Gasteiger partial charge in [0, 0.05) is 0 Å². The van der Waals surface area contributed by atoms with Crippen molar-refractivity contribution < 1.29 is 0 Å². The molecule has 0 heterocycles. The molecule has 3 rings (SSSR count). The van der Waals surface area contributed by atoms with Crippen LogP contribution in [0.3, 0.4) is 0 Å². The average molecular weight is 242 g/mol. The molecule has 0 saturated heterocycles. The molecule has 18 heavy (non-hydrogen) atoms. The maximum Gasteiger partial charge on any atom is -0.0272 e. The van der Waals surface area contributed by atoms with E-state index in [0.29, 0.717) is 10.8 Å². The first kappa shape index (κ1) is 12.3. The Morgan fingerprint density at radius 3 is 2.44 bits per heavy atom. The van der Waals surface area contributed by atoms with Gasteiger partial charge >= 0.3 is 0 Å². The summed E-state index contributed by atoms with van der Waals surface area (Å²) in [5, 5.41) is 0. The highest BCUT2D eigenvalue weighted by molar-refractivity contribution is 5.17. The summed E-state index contributed by atoms with van der Waals surface area (Å²) in [6, 6.07) is 11.0. The topological polar surface area (TPSA) is 0 Å². The summed E-state index contributed by atoms with van der Waals surface area (Å²) < 4.78 is 0. The maximum absolute atomic E-state index is 2.55. The van der Waals surface area contributed by atoms with Gasteiger partial charge in [-0.1, -0.05) is 51.1 Å². The van der Waals surface area contributed by atoms with Crippen LogP contribution in [0.2, 0.25) is 0 Å². The van der Waals surface area contributed by atoms with Gasteiger partial charge in [-0.25, -0.2) is 0 Å². The van der Waals surface area contributed by atoms with Crippen molar-refractivity contribution in [2.75, 3.05) is 0 Å². The monoisotopic (exact) mass is 242 g/mol. The van der Waals surface area contributed by atoms with Crippen LogP contribution in [0.15, 0.2) is 30.3 Å². The minimum absolute atomic E-state index is 0.642. The van der Waals surface area contributed by atoms with E-state index in [2.05, 4.69) is 51.1 Å². The average Bonchev–Trinajstić information content (AvgIpc) is 2.71. The highest BCUT2D eigenvalue weighted by atomic mass is 14.7. The molecule has 2 fully saturated rings. The normalized spacial score (nSPS) is 36.4. The van der Waals surface area contributed by atoms with Crippen molar-refractivity contribution in [3.8, 4) is 0 Å². The molecule has 0 nitrogen and oxygen atoms in total. The van der Waals surface area contributed by atoms with Gasteiger partial charge in [0.15, 0.2) is 0 Å². The van der Waals surface area contributed by atoms with Crippen LogP contribution in [-0.2, 0) is 6.42 Å². The van der Waals surface area contributed by atoms with Gasteiger partial charge in [0.1, 0.15) is 0 Å². The molecule has 0 aromatic heterocycles. The third-order valence-electron chi connectivity index (χ3n) is 5.88. The molecular formula is C18H26. The van der Waals surface area contributed by atoms with Crippen LogP contribution in [0.1, 0.15) is 52.0 Å². The number of rotatable bonds is 4. The fraction of sp³-hybridized carbons (Fsp3) is 0.667. The predicted octanol–water partition coefficient (Wildman–Crippen LogP) is 5.08. The van der Waals surface area contributed by atoms with Crippen LogP contribution >= 0.6 is 0 Å². The van der Waals surface area contributed by atoms with Gasteiger partial charge in [0.25, 0.3) is 0 Å². The zero-order valence-corrected chi connectivity index (χ0v) is 12.1. The molecule has 0 N–H and O–H groups in total. The summed E-state index contributed by atoms with van der Waals surface area (Å²) in [7, 11) is 0.